The molecule has 0 saturated heterocycles. The predicted octanol–water partition coefficient (Wildman–Crippen LogP) is 2.08. The van der Waals surface area contributed by atoms with Crippen LogP contribution in [0.3, 0.4) is 0 Å². The maximum atomic E-state index is 12.4. The number of amides is 1. The van der Waals surface area contributed by atoms with Crippen molar-refractivity contribution in [1.29, 1.82) is 0 Å². The van der Waals surface area contributed by atoms with E-state index in [4.69, 9.17) is 0 Å². The van der Waals surface area contributed by atoms with Crippen molar-refractivity contribution in [3.8, 4) is 0 Å². The molecule has 0 aliphatic heterocycles. The SMILES string of the molecule is COC(=O)NCCC1(C(F)(F)F)CC1. The Hall–Kier alpha value is -0.940. The molecule has 0 aromatic heterocycles. The molecule has 1 rings (SSSR count). The molecule has 3 nitrogen and oxygen atoms in total. The number of alkyl halides is 3. The van der Waals surface area contributed by atoms with Crippen LogP contribution < -0.4 is 5.32 Å². The van der Waals surface area contributed by atoms with Gasteiger partial charge in [0.1, 0.15) is 0 Å². The highest BCUT2D eigenvalue weighted by Crippen LogP contribution is 2.59. The molecule has 0 aromatic rings. The van der Waals surface area contributed by atoms with Gasteiger partial charge < -0.3 is 10.1 Å². The molecule has 0 bridgehead atoms. The Morgan fingerprint density at radius 3 is 2.43 bits per heavy atom. The fraction of sp³-hybridized carbons (Fsp3) is 0.875. The monoisotopic (exact) mass is 211 g/mol. The Bertz CT molecular complexity index is 223. The molecule has 0 radical (unpaired) electrons. The summed E-state index contributed by atoms with van der Waals surface area (Å²) in [6, 6.07) is 0. The van der Waals surface area contributed by atoms with Crippen LogP contribution in [0.4, 0.5) is 18.0 Å². The Labute approximate surface area is 79.6 Å². The van der Waals surface area contributed by atoms with Crippen LogP contribution in [0.1, 0.15) is 19.3 Å². The first-order chi connectivity index (χ1) is 6.41. The Balaban J connectivity index is 2.28. The summed E-state index contributed by atoms with van der Waals surface area (Å²) in [6.45, 7) is 0.00613. The van der Waals surface area contributed by atoms with Crippen molar-refractivity contribution in [2.75, 3.05) is 13.7 Å². The fourth-order valence-electron chi connectivity index (χ4n) is 1.30. The number of carbonyl (C=O) groups is 1. The lowest BCUT2D eigenvalue weighted by Gasteiger charge is -2.18. The molecule has 1 N–H and O–H groups in total. The zero-order chi connectivity index (χ0) is 10.8. The van der Waals surface area contributed by atoms with Crippen molar-refractivity contribution in [2.24, 2.45) is 5.41 Å². The molecule has 6 heteroatoms. The lowest BCUT2D eigenvalue weighted by Crippen LogP contribution is -2.31. The molecule has 0 unspecified atom stereocenters. The first-order valence-electron chi connectivity index (χ1n) is 4.30. The second kappa shape index (κ2) is 3.67. The maximum absolute atomic E-state index is 12.4. The topological polar surface area (TPSA) is 38.3 Å². The summed E-state index contributed by atoms with van der Waals surface area (Å²) < 4.78 is 41.3. The van der Waals surface area contributed by atoms with Gasteiger partial charge in [-0.25, -0.2) is 4.79 Å². The van der Waals surface area contributed by atoms with Crippen molar-refractivity contribution in [3.63, 3.8) is 0 Å². The van der Waals surface area contributed by atoms with Crippen LogP contribution in [0, 0.1) is 5.41 Å². The van der Waals surface area contributed by atoms with Crippen molar-refractivity contribution in [3.05, 3.63) is 0 Å². The van der Waals surface area contributed by atoms with E-state index in [1.807, 2.05) is 0 Å². The second-order valence-electron chi connectivity index (χ2n) is 3.45. The summed E-state index contributed by atoms with van der Waals surface area (Å²) in [7, 11) is 1.17. The molecule has 0 heterocycles. The molecule has 1 amide bonds. The molecular weight excluding hydrogens is 199 g/mol. The second-order valence-corrected chi connectivity index (χ2v) is 3.45. The van der Waals surface area contributed by atoms with Gasteiger partial charge in [0.2, 0.25) is 0 Å². The highest BCUT2D eigenvalue weighted by molar-refractivity contribution is 5.66. The minimum absolute atomic E-state index is 0.00613. The average Bonchev–Trinajstić information content (AvgIpc) is 2.84. The van der Waals surface area contributed by atoms with Gasteiger partial charge in [-0.2, -0.15) is 13.2 Å². The molecular formula is C8H12F3NO2. The summed E-state index contributed by atoms with van der Waals surface area (Å²) in [5, 5.41) is 2.24. The van der Waals surface area contributed by atoms with Crippen molar-refractivity contribution < 1.29 is 22.7 Å². The van der Waals surface area contributed by atoms with Gasteiger partial charge in [-0.3, -0.25) is 0 Å². The molecule has 0 atom stereocenters. The van der Waals surface area contributed by atoms with Gasteiger partial charge in [0.15, 0.2) is 0 Å². The number of ether oxygens (including phenoxy) is 1. The van der Waals surface area contributed by atoms with Crippen molar-refractivity contribution in [2.45, 2.75) is 25.4 Å². The van der Waals surface area contributed by atoms with Gasteiger partial charge in [0, 0.05) is 6.54 Å². The van der Waals surface area contributed by atoms with Gasteiger partial charge >= 0.3 is 12.3 Å². The molecule has 1 aliphatic rings. The van der Waals surface area contributed by atoms with E-state index in [-0.39, 0.29) is 25.8 Å². The van der Waals surface area contributed by atoms with Crippen LogP contribution in [-0.2, 0) is 4.74 Å². The quantitative estimate of drug-likeness (QED) is 0.776. The Kier molecular flexibility index (Phi) is 2.92. The first-order valence-corrected chi connectivity index (χ1v) is 4.30. The summed E-state index contributed by atoms with van der Waals surface area (Å²) in [5.41, 5.74) is -1.55. The predicted molar refractivity (Wildman–Crippen MR) is 42.7 cm³/mol. The molecule has 1 fully saturated rings. The number of rotatable bonds is 3. The Morgan fingerprint density at radius 2 is 2.07 bits per heavy atom. The van der Waals surface area contributed by atoms with E-state index in [2.05, 4.69) is 10.1 Å². The van der Waals surface area contributed by atoms with Gasteiger partial charge in [0.05, 0.1) is 12.5 Å². The smallest absolute Gasteiger partial charge is 0.406 e. The third-order valence-electron chi connectivity index (χ3n) is 2.51. The number of methoxy groups -OCH3 is 1. The lowest BCUT2D eigenvalue weighted by molar-refractivity contribution is -0.188. The summed E-state index contributed by atoms with van der Waals surface area (Å²) >= 11 is 0. The van der Waals surface area contributed by atoms with E-state index >= 15 is 0 Å². The van der Waals surface area contributed by atoms with E-state index in [1.165, 1.54) is 7.11 Å². The van der Waals surface area contributed by atoms with Crippen LogP contribution in [0.15, 0.2) is 0 Å². The van der Waals surface area contributed by atoms with E-state index in [1.54, 1.807) is 0 Å². The number of carbonyl (C=O) groups excluding carboxylic acids is 1. The number of halogens is 3. The molecule has 0 spiro atoms. The Morgan fingerprint density at radius 1 is 1.50 bits per heavy atom. The lowest BCUT2D eigenvalue weighted by atomic mass is 10.0. The highest BCUT2D eigenvalue weighted by atomic mass is 19.4. The zero-order valence-corrected chi connectivity index (χ0v) is 7.78. The highest BCUT2D eigenvalue weighted by Gasteiger charge is 2.62. The van der Waals surface area contributed by atoms with Gasteiger partial charge in [-0.15, -0.1) is 0 Å². The number of alkyl carbamates (subject to hydrolysis) is 1. The third-order valence-corrected chi connectivity index (χ3v) is 2.51. The fourth-order valence-corrected chi connectivity index (χ4v) is 1.30. The largest absolute Gasteiger partial charge is 0.453 e. The van der Waals surface area contributed by atoms with Crippen LogP contribution in [-0.4, -0.2) is 25.9 Å². The van der Waals surface area contributed by atoms with Gasteiger partial charge in [-0.05, 0) is 19.3 Å². The van der Waals surface area contributed by atoms with E-state index in [9.17, 15) is 18.0 Å². The summed E-state index contributed by atoms with van der Waals surface area (Å²) in [5.74, 6) is 0. The molecule has 82 valence electrons. The van der Waals surface area contributed by atoms with E-state index < -0.39 is 17.7 Å². The molecule has 1 saturated carbocycles. The molecule has 1 aliphatic carbocycles. The van der Waals surface area contributed by atoms with E-state index in [0.29, 0.717) is 0 Å². The number of hydrogen-bond acceptors (Lipinski definition) is 2. The van der Waals surface area contributed by atoms with Crippen LogP contribution in [0.5, 0.6) is 0 Å². The zero-order valence-electron chi connectivity index (χ0n) is 7.78. The summed E-state index contributed by atoms with van der Waals surface area (Å²) in [4.78, 5) is 10.6. The minimum Gasteiger partial charge on any atom is -0.453 e. The number of nitrogens with one attached hydrogen (secondary N) is 1. The van der Waals surface area contributed by atoms with Crippen LogP contribution >= 0.6 is 0 Å². The van der Waals surface area contributed by atoms with Crippen molar-refractivity contribution >= 4 is 6.09 Å². The average molecular weight is 211 g/mol. The van der Waals surface area contributed by atoms with E-state index in [0.717, 1.165) is 0 Å². The standard InChI is InChI=1S/C8H12F3NO2/c1-14-6(13)12-5-4-7(2-3-7)8(9,10)11/h2-5H2,1H3,(H,12,13). The summed E-state index contributed by atoms with van der Waals surface area (Å²) in [6.07, 6.45) is -4.57. The van der Waals surface area contributed by atoms with Crippen LogP contribution in [0.25, 0.3) is 0 Å². The van der Waals surface area contributed by atoms with Gasteiger partial charge in [0.25, 0.3) is 0 Å². The molecule has 0 aromatic carbocycles. The molecule has 14 heavy (non-hydrogen) atoms. The first kappa shape index (κ1) is 11.1. The minimum atomic E-state index is -4.15. The van der Waals surface area contributed by atoms with Crippen LogP contribution in [0.2, 0.25) is 0 Å². The third kappa shape index (κ3) is 2.30. The normalized spacial score (nSPS) is 18.9. The van der Waals surface area contributed by atoms with Crippen molar-refractivity contribution in [1.82, 2.24) is 5.32 Å². The maximum Gasteiger partial charge on any atom is 0.406 e. The number of hydrogen-bond donors (Lipinski definition) is 1. The van der Waals surface area contributed by atoms with Gasteiger partial charge in [-0.1, -0.05) is 0 Å².